The second-order valence-electron chi connectivity index (χ2n) is 4.07. The van der Waals surface area contributed by atoms with E-state index in [9.17, 15) is 4.79 Å². The minimum absolute atomic E-state index is 0.0867. The highest BCUT2D eigenvalue weighted by molar-refractivity contribution is 7.72. The number of nitrogens with one attached hydrogen (secondary N) is 1. The smallest absolute Gasteiger partial charge is 0.243 e. The Balaban J connectivity index is 0. The number of amides is 1. The Morgan fingerprint density at radius 1 is 1.44 bits per heavy atom. The molecule has 0 bridgehead atoms. The topological polar surface area (TPSA) is 92.3 Å². The first kappa shape index (κ1) is 17.6. The van der Waals surface area contributed by atoms with Crippen molar-refractivity contribution in [1.82, 2.24) is 5.32 Å². The van der Waals surface area contributed by atoms with Gasteiger partial charge in [-0.25, -0.2) is 0 Å². The summed E-state index contributed by atoms with van der Waals surface area (Å²) in [6, 6.07) is 0. The van der Waals surface area contributed by atoms with Crippen molar-refractivity contribution in [2.24, 2.45) is 0 Å². The highest BCUT2D eigenvalue weighted by Crippen LogP contribution is 1.91. The number of nitrogens with zero attached hydrogens (tertiary/aromatic N) is 1. The van der Waals surface area contributed by atoms with Crippen LogP contribution in [-0.2, 0) is 16.2 Å². The molecule has 96 valence electrons. The summed E-state index contributed by atoms with van der Waals surface area (Å²) in [5, 5.41) is 2.74. The van der Waals surface area contributed by atoms with Crippen LogP contribution in [0.2, 0.25) is 0 Å². The molecule has 0 fully saturated rings. The van der Waals surface area contributed by atoms with E-state index in [1.165, 1.54) is 6.08 Å². The van der Waals surface area contributed by atoms with Crippen molar-refractivity contribution < 1.29 is 22.6 Å². The van der Waals surface area contributed by atoms with E-state index in [2.05, 4.69) is 33.0 Å². The van der Waals surface area contributed by atoms with E-state index < -0.39 is 11.4 Å². The first-order chi connectivity index (χ1) is 7.19. The zero-order valence-corrected chi connectivity index (χ0v) is 10.7. The molecule has 0 heterocycles. The molecule has 0 unspecified atom stereocenters. The zero-order valence-electron chi connectivity index (χ0n) is 9.89. The molecular weight excluding hydrogens is 232 g/mol. The van der Waals surface area contributed by atoms with Gasteiger partial charge in [0.25, 0.3) is 0 Å². The molecule has 0 aromatic heterocycles. The first-order valence-corrected chi connectivity index (χ1v) is 5.66. The summed E-state index contributed by atoms with van der Waals surface area (Å²) >= 11 is -3.11. The second kappa shape index (κ2) is 9.46. The van der Waals surface area contributed by atoms with Crippen LogP contribution in [0.5, 0.6) is 0 Å². The van der Waals surface area contributed by atoms with E-state index >= 15 is 0 Å². The lowest BCUT2D eigenvalue weighted by molar-refractivity contribution is -0.870. The van der Waals surface area contributed by atoms with Crippen molar-refractivity contribution in [3.05, 3.63) is 12.7 Å². The number of quaternary nitrogens is 1. The van der Waals surface area contributed by atoms with Gasteiger partial charge in [-0.1, -0.05) is 6.58 Å². The summed E-state index contributed by atoms with van der Waals surface area (Å²) in [5.74, 6) is -0.0867. The molecule has 0 saturated heterocycles. The molecule has 0 atom stereocenters. The van der Waals surface area contributed by atoms with Gasteiger partial charge in [0.1, 0.15) is 0 Å². The average molecular weight is 251 g/mol. The van der Waals surface area contributed by atoms with E-state index in [0.29, 0.717) is 0 Å². The number of hydrogen-bond acceptors (Lipinski definition) is 4. The number of rotatable bonds is 5. The Bertz CT molecular complexity index is 234. The van der Waals surface area contributed by atoms with Crippen LogP contribution in [-0.4, -0.2) is 57.9 Å². The summed E-state index contributed by atoms with van der Waals surface area (Å²) in [4.78, 5) is 10.7. The van der Waals surface area contributed by atoms with Gasteiger partial charge in [-0.3, -0.25) is 9.00 Å². The molecule has 1 N–H and O–H groups in total. The van der Waals surface area contributed by atoms with Crippen molar-refractivity contribution in [1.29, 1.82) is 0 Å². The van der Waals surface area contributed by atoms with Crippen LogP contribution in [0.4, 0.5) is 0 Å². The summed E-state index contributed by atoms with van der Waals surface area (Å²) in [6.45, 7) is 5.18. The third-order valence-corrected chi connectivity index (χ3v) is 1.49. The maximum atomic E-state index is 10.7. The predicted molar refractivity (Wildman–Crippen MR) is 60.4 cm³/mol. The predicted octanol–water partition coefficient (Wildman–Crippen LogP) is -0.619. The highest BCUT2D eigenvalue weighted by atomic mass is 32.2. The third kappa shape index (κ3) is 23.2. The minimum Gasteiger partial charge on any atom is -0.784 e. The van der Waals surface area contributed by atoms with Gasteiger partial charge in [0.2, 0.25) is 5.91 Å². The van der Waals surface area contributed by atoms with Gasteiger partial charge in [0.15, 0.2) is 0 Å². The molecular formula is C9H19N2O4S-. The highest BCUT2D eigenvalue weighted by Gasteiger charge is 2.05. The largest absolute Gasteiger partial charge is 0.784 e. The molecule has 0 saturated carbocycles. The van der Waals surface area contributed by atoms with Crippen LogP contribution < -0.4 is 5.32 Å². The van der Waals surface area contributed by atoms with E-state index in [-0.39, 0.29) is 5.91 Å². The summed E-state index contributed by atoms with van der Waals surface area (Å²) in [7, 11) is 6.40. The summed E-state index contributed by atoms with van der Waals surface area (Å²) in [6.07, 6.45) is 2.30. The van der Waals surface area contributed by atoms with Gasteiger partial charge in [0.05, 0.1) is 27.7 Å². The molecule has 0 aliphatic rings. The SMILES string of the molecule is C=CC(=O)NCCC[N+](C)(C)C.O=S([O-])[O-]. The molecule has 0 aromatic rings. The zero-order chi connectivity index (χ0) is 13.2. The van der Waals surface area contributed by atoms with Gasteiger partial charge < -0.3 is 18.9 Å². The Kier molecular flexibility index (Phi) is 10.4. The maximum absolute atomic E-state index is 10.7. The average Bonchev–Trinajstić information content (AvgIpc) is 2.09. The van der Waals surface area contributed by atoms with Gasteiger partial charge in [0, 0.05) is 13.0 Å². The monoisotopic (exact) mass is 251 g/mol. The van der Waals surface area contributed by atoms with Crippen molar-refractivity contribution in [3.63, 3.8) is 0 Å². The fraction of sp³-hybridized carbons (Fsp3) is 0.667. The fourth-order valence-electron chi connectivity index (χ4n) is 0.837. The first-order valence-electron chi connectivity index (χ1n) is 4.66. The van der Waals surface area contributed by atoms with Crippen LogP contribution in [0.1, 0.15) is 6.42 Å². The molecule has 16 heavy (non-hydrogen) atoms. The van der Waals surface area contributed by atoms with E-state index in [1.54, 1.807) is 0 Å². The maximum Gasteiger partial charge on any atom is 0.243 e. The van der Waals surface area contributed by atoms with Gasteiger partial charge in [-0.2, -0.15) is 0 Å². The van der Waals surface area contributed by atoms with Gasteiger partial charge in [-0.15, -0.1) is 11.4 Å². The molecule has 0 spiro atoms. The minimum atomic E-state index is -3.11. The van der Waals surface area contributed by atoms with Crippen molar-refractivity contribution >= 4 is 17.3 Å². The van der Waals surface area contributed by atoms with E-state index in [4.69, 9.17) is 13.3 Å². The fourth-order valence-corrected chi connectivity index (χ4v) is 0.837. The molecule has 0 rings (SSSR count). The van der Waals surface area contributed by atoms with E-state index in [1.807, 2.05) is 0 Å². The Morgan fingerprint density at radius 3 is 2.19 bits per heavy atom. The standard InChI is InChI=1S/C9H18N2O.H2O3S/c1-5-9(12)10-7-6-8-11(2,3)4;1-4(2)3/h5H,1,6-8H2,2-4H3;(H2,1,2,3)/p-1. The second-order valence-corrected chi connectivity index (χ2v) is 4.48. The van der Waals surface area contributed by atoms with Crippen LogP contribution in [0.15, 0.2) is 12.7 Å². The molecule has 0 aromatic carbocycles. The lowest BCUT2D eigenvalue weighted by atomic mass is 10.3. The van der Waals surface area contributed by atoms with Crippen LogP contribution in [0, 0.1) is 0 Å². The van der Waals surface area contributed by atoms with Crippen LogP contribution in [0.3, 0.4) is 0 Å². The summed E-state index contributed by atoms with van der Waals surface area (Å²) in [5.41, 5.74) is 0. The van der Waals surface area contributed by atoms with Gasteiger partial charge in [-0.05, 0) is 6.08 Å². The van der Waals surface area contributed by atoms with Crippen LogP contribution in [0.25, 0.3) is 0 Å². The quantitative estimate of drug-likeness (QED) is 0.305. The molecule has 1 amide bonds. The molecule has 0 aliphatic carbocycles. The molecule has 0 radical (unpaired) electrons. The summed E-state index contributed by atoms with van der Waals surface area (Å²) < 4.78 is 26.3. The Labute approximate surface area is 99.0 Å². The number of carbonyl (C=O) groups excluding carboxylic acids is 1. The Morgan fingerprint density at radius 2 is 1.88 bits per heavy atom. The lowest BCUT2D eigenvalue weighted by Gasteiger charge is -2.23. The number of hydrogen-bond donors (Lipinski definition) is 1. The molecule has 7 heteroatoms. The number of carbonyl (C=O) groups is 1. The van der Waals surface area contributed by atoms with Crippen molar-refractivity contribution in [2.75, 3.05) is 34.2 Å². The molecule has 0 aliphatic heterocycles. The third-order valence-electron chi connectivity index (χ3n) is 1.49. The van der Waals surface area contributed by atoms with Crippen molar-refractivity contribution in [2.45, 2.75) is 6.42 Å². The Hall–Kier alpha value is -0.760. The van der Waals surface area contributed by atoms with Crippen LogP contribution >= 0.6 is 0 Å². The normalized spacial score (nSPS) is 10.4. The van der Waals surface area contributed by atoms with Crippen molar-refractivity contribution in [3.8, 4) is 0 Å². The van der Waals surface area contributed by atoms with Gasteiger partial charge >= 0.3 is 0 Å². The van der Waals surface area contributed by atoms with E-state index in [0.717, 1.165) is 24.0 Å². The lowest BCUT2D eigenvalue weighted by Crippen LogP contribution is -2.37. The molecule has 6 nitrogen and oxygen atoms in total.